The highest BCUT2D eigenvalue weighted by molar-refractivity contribution is 5.24. The molecule has 1 aliphatic heterocycles. The summed E-state index contributed by atoms with van der Waals surface area (Å²) in [7, 11) is 0. The average Bonchev–Trinajstić information content (AvgIpc) is 2.67. The molecule has 1 saturated heterocycles. The molecular formula is C24H42N2. The second-order valence-electron chi connectivity index (χ2n) is 8.19. The topological polar surface area (TPSA) is 6.48 Å². The summed E-state index contributed by atoms with van der Waals surface area (Å²) < 4.78 is 0. The van der Waals surface area contributed by atoms with E-state index >= 15 is 0 Å². The van der Waals surface area contributed by atoms with Gasteiger partial charge in [0.05, 0.1) is 0 Å². The summed E-state index contributed by atoms with van der Waals surface area (Å²) in [5, 5.41) is 0. The van der Waals surface area contributed by atoms with Gasteiger partial charge >= 0.3 is 0 Å². The van der Waals surface area contributed by atoms with E-state index in [1.165, 1.54) is 75.7 Å². The van der Waals surface area contributed by atoms with Crippen molar-refractivity contribution in [3.8, 4) is 0 Å². The van der Waals surface area contributed by atoms with Gasteiger partial charge in [-0.3, -0.25) is 9.80 Å². The van der Waals surface area contributed by atoms with E-state index in [-0.39, 0.29) is 0 Å². The van der Waals surface area contributed by atoms with E-state index in [2.05, 4.69) is 68.7 Å². The van der Waals surface area contributed by atoms with Crippen LogP contribution in [0.3, 0.4) is 0 Å². The van der Waals surface area contributed by atoms with E-state index in [9.17, 15) is 0 Å². The van der Waals surface area contributed by atoms with Crippen LogP contribution in [0.2, 0.25) is 0 Å². The third-order valence-corrected chi connectivity index (χ3v) is 6.33. The summed E-state index contributed by atoms with van der Waals surface area (Å²) in [5.74, 6) is 0. The fourth-order valence-corrected chi connectivity index (χ4v) is 4.83. The molecular weight excluding hydrogens is 316 g/mol. The van der Waals surface area contributed by atoms with Gasteiger partial charge in [-0.15, -0.1) is 0 Å². The number of nitrogens with zero attached hydrogens (tertiary/aromatic N) is 2. The summed E-state index contributed by atoms with van der Waals surface area (Å²) >= 11 is 0. The fourth-order valence-electron chi connectivity index (χ4n) is 4.83. The maximum Gasteiger partial charge on any atom is 0.0348 e. The predicted molar refractivity (Wildman–Crippen MR) is 115 cm³/mol. The number of piperidine rings is 1. The number of hydrogen-bond acceptors (Lipinski definition) is 2. The van der Waals surface area contributed by atoms with E-state index in [0.29, 0.717) is 6.04 Å². The Labute approximate surface area is 163 Å². The van der Waals surface area contributed by atoms with Gasteiger partial charge in [0.25, 0.3) is 0 Å². The first kappa shape index (κ1) is 21.4. The smallest absolute Gasteiger partial charge is 0.0348 e. The molecule has 148 valence electrons. The molecule has 1 aliphatic rings. The molecule has 2 nitrogen and oxygen atoms in total. The molecule has 1 aromatic carbocycles. The Kier molecular flexibility index (Phi) is 9.15. The lowest BCUT2D eigenvalue weighted by molar-refractivity contribution is 0.0515. The van der Waals surface area contributed by atoms with Crippen LogP contribution in [-0.2, 0) is 0 Å². The van der Waals surface area contributed by atoms with Crippen molar-refractivity contribution in [1.82, 2.24) is 9.80 Å². The third kappa shape index (κ3) is 5.57. The van der Waals surface area contributed by atoms with Gasteiger partial charge in [0, 0.05) is 31.2 Å². The molecule has 0 spiro atoms. The molecule has 1 aromatic rings. The summed E-state index contributed by atoms with van der Waals surface area (Å²) in [4.78, 5) is 5.61. The molecule has 0 aromatic heterocycles. The summed E-state index contributed by atoms with van der Waals surface area (Å²) in [6, 6.07) is 11.4. The number of rotatable bonds is 10. The van der Waals surface area contributed by atoms with Crippen molar-refractivity contribution in [3.63, 3.8) is 0 Å². The Morgan fingerprint density at radius 3 is 2.08 bits per heavy atom. The normalized spacial score (nSPS) is 18.0. The van der Waals surface area contributed by atoms with Crippen LogP contribution in [-0.4, -0.2) is 41.5 Å². The molecule has 0 N–H and O–H groups in total. The number of benzene rings is 1. The highest BCUT2D eigenvalue weighted by Gasteiger charge is 2.30. The summed E-state index contributed by atoms with van der Waals surface area (Å²) in [6.07, 6.45) is 9.06. The lowest BCUT2D eigenvalue weighted by atomic mass is 9.94. The molecule has 2 rings (SSSR count). The van der Waals surface area contributed by atoms with Crippen molar-refractivity contribution in [2.45, 2.75) is 97.7 Å². The predicted octanol–water partition coefficient (Wildman–Crippen LogP) is 6.20. The maximum absolute atomic E-state index is 2.85. The minimum atomic E-state index is 0.606. The minimum absolute atomic E-state index is 0.606. The van der Waals surface area contributed by atoms with E-state index in [1.54, 1.807) is 0 Å². The first-order valence-electron chi connectivity index (χ1n) is 11.2. The van der Waals surface area contributed by atoms with Gasteiger partial charge in [0.2, 0.25) is 0 Å². The molecule has 0 aliphatic carbocycles. The van der Waals surface area contributed by atoms with Gasteiger partial charge in [-0.1, -0.05) is 63.9 Å². The largest absolute Gasteiger partial charge is 0.297 e. The maximum atomic E-state index is 2.85. The van der Waals surface area contributed by atoms with E-state index in [1.807, 2.05) is 0 Å². The van der Waals surface area contributed by atoms with Crippen LogP contribution in [0.15, 0.2) is 24.3 Å². The lowest BCUT2D eigenvalue weighted by Crippen LogP contribution is -2.49. The van der Waals surface area contributed by atoms with E-state index in [4.69, 9.17) is 0 Å². The Morgan fingerprint density at radius 1 is 0.962 bits per heavy atom. The highest BCUT2D eigenvalue weighted by Crippen LogP contribution is 2.31. The van der Waals surface area contributed by atoms with E-state index in [0.717, 1.165) is 12.1 Å². The molecule has 0 radical (unpaired) electrons. The van der Waals surface area contributed by atoms with Crippen LogP contribution in [0.25, 0.3) is 0 Å². The van der Waals surface area contributed by atoms with Crippen LogP contribution in [0.4, 0.5) is 0 Å². The molecule has 1 heterocycles. The third-order valence-electron chi connectivity index (χ3n) is 6.33. The molecule has 0 amide bonds. The monoisotopic (exact) mass is 358 g/mol. The molecule has 0 bridgehead atoms. The first-order valence-corrected chi connectivity index (χ1v) is 11.2. The number of aryl methyl sites for hydroxylation is 1. The number of hydrogen-bond donors (Lipinski definition) is 0. The van der Waals surface area contributed by atoms with Crippen LogP contribution >= 0.6 is 0 Å². The van der Waals surface area contributed by atoms with Crippen molar-refractivity contribution >= 4 is 0 Å². The lowest BCUT2D eigenvalue weighted by Gasteiger charge is -2.44. The van der Waals surface area contributed by atoms with Crippen molar-refractivity contribution in [2.75, 3.05) is 19.6 Å². The van der Waals surface area contributed by atoms with Gasteiger partial charge in [-0.25, -0.2) is 0 Å². The minimum Gasteiger partial charge on any atom is -0.297 e. The molecule has 1 unspecified atom stereocenters. The quantitative estimate of drug-likeness (QED) is 0.491. The zero-order chi connectivity index (χ0) is 18.9. The second-order valence-corrected chi connectivity index (χ2v) is 8.19. The van der Waals surface area contributed by atoms with Crippen LogP contribution in [0.1, 0.15) is 89.8 Å². The van der Waals surface area contributed by atoms with Gasteiger partial charge in [0.1, 0.15) is 0 Å². The Balaban J connectivity index is 2.02. The number of likely N-dealkylation sites (tertiary alicyclic amines) is 1. The Bertz CT molecular complexity index is 483. The highest BCUT2D eigenvalue weighted by atomic mass is 15.2. The summed E-state index contributed by atoms with van der Waals surface area (Å²) in [6.45, 7) is 15.3. The second kappa shape index (κ2) is 11.1. The average molecular weight is 359 g/mol. The molecule has 2 heteroatoms. The van der Waals surface area contributed by atoms with Crippen LogP contribution in [0, 0.1) is 6.92 Å². The first-order chi connectivity index (χ1) is 12.6. The SMILES string of the molecule is CCCC(c1ccc(C)cc1)N1CCC(N(CCC)C(CC)CC)CC1. The van der Waals surface area contributed by atoms with Crippen molar-refractivity contribution in [3.05, 3.63) is 35.4 Å². The van der Waals surface area contributed by atoms with Crippen LogP contribution < -0.4 is 0 Å². The zero-order valence-electron chi connectivity index (χ0n) is 18.0. The van der Waals surface area contributed by atoms with Crippen LogP contribution in [0.5, 0.6) is 0 Å². The van der Waals surface area contributed by atoms with Gasteiger partial charge in [-0.05, 0) is 57.6 Å². The van der Waals surface area contributed by atoms with Crippen molar-refractivity contribution < 1.29 is 0 Å². The van der Waals surface area contributed by atoms with Gasteiger partial charge < -0.3 is 0 Å². The van der Waals surface area contributed by atoms with E-state index < -0.39 is 0 Å². The van der Waals surface area contributed by atoms with Crippen molar-refractivity contribution in [1.29, 1.82) is 0 Å². The fraction of sp³-hybridized carbons (Fsp3) is 0.750. The Hall–Kier alpha value is -0.860. The zero-order valence-corrected chi connectivity index (χ0v) is 18.0. The molecule has 0 saturated carbocycles. The molecule has 1 atom stereocenters. The standard InChI is InChI=1S/C24H42N2/c1-6-10-24(21-13-11-20(5)12-14-21)25-18-15-23(16-19-25)26(17-7-2)22(8-3)9-4/h11-14,22-24H,6-10,15-19H2,1-5H3. The van der Waals surface area contributed by atoms with Gasteiger partial charge in [-0.2, -0.15) is 0 Å². The Morgan fingerprint density at radius 2 is 1.58 bits per heavy atom. The summed E-state index contributed by atoms with van der Waals surface area (Å²) in [5.41, 5.74) is 2.88. The molecule has 26 heavy (non-hydrogen) atoms. The van der Waals surface area contributed by atoms with Gasteiger partial charge in [0.15, 0.2) is 0 Å². The molecule has 1 fully saturated rings. The van der Waals surface area contributed by atoms with Crippen molar-refractivity contribution in [2.24, 2.45) is 0 Å².